The van der Waals surface area contributed by atoms with Gasteiger partial charge in [0.1, 0.15) is 0 Å². The topological polar surface area (TPSA) is 29.3 Å². The summed E-state index contributed by atoms with van der Waals surface area (Å²) in [5, 5.41) is 0. The molecule has 0 aromatic heterocycles. The first-order chi connectivity index (χ1) is 6.70. The lowest BCUT2D eigenvalue weighted by Gasteiger charge is -2.42. The summed E-state index contributed by atoms with van der Waals surface area (Å²) in [5.41, 5.74) is 5.84. The van der Waals surface area contributed by atoms with Crippen LogP contribution in [-0.2, 0) is 0 Å². The van der Waals surface area contributed by atoms with Gasteiger partial charge in [0.2, 0.25) is 0 Å². The van der Waals surface area contributed by atoms with Crippen molar-refractivity contribution in [2.24, 2.45) is 11.7 Å². The number of likely N-dealkylation sites (tertiary alicyclic amines) is 1. The summed E-state index contributed by atoms with van der Waals surface area (Å²) in [4.78, 5) is 2.66. The number of hydrogen-bond donors (Lipinski definition) is 1. The van der Waals surface area contributed by atoms with Gasteiger partial charge in [0.15, 0.2) is 0 Å². The molecular formula is C12H26N2. The molecule has 1 aliphatic rings. The van der Waals surface area contributed by atoms with Crippen LogP contribution in [0.3, 0.4) is 0 Å². The van der Waals surface area contributed by atoms with E-state index in [4.69, 9.17) is 5.73 Å². The molecule has 2 nitrogen and oxygen atoms in total. The molecular weight excluding hydrogens is 172 g/mol. The predicted octanol–water partition coefficient (Wildman–Crippen LogP) is 2.23. The number of piperidine rings is 1. The molecule has 1 fully saturated rings. The molecule has 0 amide bonds. The van der Waals surface area contributed by atoms with Gasteiger partial charge in [-0.05, 0) is 31.7 Å². The van der Waals surface area contributed by atoms with E-state index >= 15 is 0 Å². The Morgan fingerprint density at radius 1 is 1.36 bits per heavy atom. The molecule has 1 heterocycles. The molecule has 14 heavy (non-hydrogen) atoms. The van der Waals surface area contributed by atoms with Crippen molar-refractivity contribution >= 4 is 0 Å². The monoisotopic (exact) mass is 198 g/mol. The summed E-state index contributed by atoms with van der Waals surface area (Å²) in [7, 11) is 0. The minimum absolute atomic E-state index is 0.649. The van der Waals surface area contributed by atoms with Gasteiger partial charge in [-0.1, -0.05) is 27.2 Å². The van der Waals surface area contributed by atoms with Crippen LogP contribution >= 0.6 is 0 Å². The van der Waals surface area contributed by atoms with Gasteiger partial charge < -0.3 is 5.73 Å². The van der Waals surface area contributed by atoms with Gasteiger partial charge in [-0.25, -0.2) is 0 Å². The second-order valence-electron chi connectivity index (χ2n) is 4.84. The number of nitrogens with two attached hydrogens (primary N) is 1. The summed E-state index contributed by atoms with van der Waals surface area (Å²) < 4.78 is 0. The minimum Gasteiger partial charge on any atom is -0.329 e. The standard InChI is InChI=1S/C12H26N2/c1-4-12(10(2)3)14-8-6-5-7-11(14)9-13/h10-12H,4-9,13H2,1-3H3. The number of nitrogens with zero attached hydrogens (tertiary/aromatic N) is 1. The van der Waals surface area contributed by atoms with Gasteiger partial charge in [-0.3, -0.25) is 4.90 Å². The zero-order valence-corrected chi connectivity index (χ0v) is 10.00. The third kappa shape index (κ3) is 2.71. The van der Waals surface area contributed by atoms with E-state index in [1.807, 2.05) is 0 Å². The maximum absolute atomic E-state index is 5.84. The number of hydrogen-bond acceptors (Lipinski definition) is 2. The van der Waals surface area contributed by atoms with E-state index in [9.17, 15) is 0 Å². The fourth-order valence-corrected chi connectivity index (χ4v) is 2.80. The van der Waals surface area contributed by atoms with E-state index in [1.54, 1.807) is 0 Å². The summed E-state index contributed by atoms with van der Waals surface area (Å²) in [6, 6.07) is 1.39. The second kappa shape index (κ2) is 5.72. The normalized spacial score (nSPS) is 26.8. The van der Waals surface area contributed by atoms with Crippen LogP contribution in [0.4, 0.5) is 0 Å². The van der Waals surface area contributed by atoms with Gasteiger partial charge in [-0.2, -0.15) is 0 Å². The van der Waals surface area contributed by atoms with E-state index < -0.39 is 0 Å². The van der Waals surface area contributed by atoms with E-state index in [-0.39, 0.29) is 0 Å². The van der Waals surface area contributed by atoms with E-state index in [0.29, 0.717) is 6.04 Å². The molecule has 0 aliphatic carbocycles. The van der Waals surface area contributed by atoms with Crippen molar-refractivity contribution in [1.29, 1.82) is 0 Å². The zero-order valence-electron chi connectivity index (χ0n) is 10.00. The highest BCUT2D eigenvalue weighted by Gasteiger charge is 2.28. The summed E-state index contributed by atoms with van der Waals surface area (Å²) in [6.45, 7) is 9.06. The van der Waals surface area contributed by atoms with Crippen molar-refractivity contribution in [2.45, 2.75) is 58.5 Å². The second-order valence-corrected chi connectivity index (χ2v) is 4.84. The Labute approximate surface area is 88.8 Å². The molecule has 2 heteroatoms. The van der Waals surface area contributed by atoms with Crippen molar-refractivity contribution in [3.8, 4) is 0 Å². The molecule has 84 valence electrons. The van der Waals surface area contributed by atoms with Gasteiger partial charge >= 0.3 is 0 Å². The smallest absolute Gasteiger partial charge is 0.0221 e. The minimum atomic E-state index is 0.649. The molecule has 2 atom stereocenters. The Hall–Kier alpha value is -0.0800. The molecule has 0 aromatic rings. The average Bonchev–Trinajstić information content (AvgIpc) is 2.19. The van der Waals surface area contributed by atoms with E-state index in [0.717, 1.165) is 18.5 Å². The van der Waals surface area contributed by atoms with Crippen LogP contribution in [0.15, 0.2) is 0 Å². The van der Waals surface area contributed by atoms with Crippen molar-refractivity contribution in [3.05, 3.63) is 0 Å². The average molecular weight is 198 g/mol. The van der Waals surface area contributed by atoms with Crippen molar-refractivity contribution in [3.63, 3.8) is 0 Å². The summed E-state index contributed by atoms with van der Waals surface area (Å²) in [5.74, 6) is 0.757. The van der Waals surface area contributed by atoms with Crippen LogP contribution in [0.2, 0.25) is 0 Å². The molecule has 0 radical (unpaired) electrons. The molecule has 1 rings (SSSR count). The molecule has 1 aliphatic heterocycles. The summed E-state index contributed by atoms with van der Waals surface area (Å²) >= 11 is 0. The third-order valence-electron chi connectivity index (χ3n) is 3.56. The maximum atomic E-state index is 5.84. The summed E-state index contributed by atoms with van der Waals surface area (Å²) in [6.07, 6.45) is 5.29. The number of rotatable bonds is 4. The highest BCUT2D eigenvalue weighted by Crippen LogP contribution is 2.24. The first-order valence-electron chi connectivity index (χ1n) is 6.16. The van der Waals surface area contributed by atoms with Crippen LogP contribution < -0.4 is 5.73 Å². The van der Waals surface area contributed by atoms with Crippen LogP contribution in [0.1, 0.15) is 46.5 Å². The van der Waals surface area contributed by atoms with Gasteiger partial charge in [-0.15, -0.1) is 0 Å². The quantitative estimate of drug-likeness (QED) is 0.750. The van der Waals surface area contributed by atoms with Crippen LogP contribution in [0.25, 0.3) is 0 Å². The zero-order chi connectivity index (χ0) is 10.6. The SMILES string of the molecule is CCC(C(C)C)N1CCCCC1CN. The fraction of sp³-hybridized carbons (Fsp3) is 1.00. The highest BCUT2D eigenvalue weighted by molar-refractivity contribution is 4.84. The maximum Gasteiger partial charge on any atom is 0.0221 e. The Bertz CT molecular complexity index is 156. The molecule has 2 N–H and O–H groups in total. The van der Waals surface area contributed by atoms with Crippen LogP contribution in [0, 0.1) is 5.92 Å². The molecule has 0 bridgehead atoms. The lowest BCUT2D eigenvalue weighted by atomic mass is 9.93. The van der Waals surface area contributed by atoms with E-state index in [1.165, 1.54) is 32.2 Å². The Kier molecular flexibility index (Phi) is 4.90. The Morgan fingerprint density at radius 2 is 2.07 bits per heavy atom. The first-order valence-corrected chi connectivity index (χ1v) is 6.16. The lowest BCUT2D eigenvalue weighted by molar-refractivity contribution is 0.0708. The van der Waals surface area contributed by atoms with Gasteiger partial charge in [0.05, 0.1) is 0 Å². The lowest BCUT2D eigenvalue weighted by Crippen LogP contribution is -2.51. The highest BCUT2D eigenvalue weighted by atomic mass is 15.2. The van der Waals surface area contributed by atoms with Gasteiger partial charge in [0, 0.05) is 18.6 Å². The largest absolute Gasteiger partial charge is 0.329 e. The van der Waals surface area contributed by atoms with Crippen LogP contribution in [-0.4, -0.2) is 30.1 Å². The molecule has 0 aromatic carbocycles. The molecule has 0 saturated carbocycles. The third-order valence-corrected chi connectivity index (χ3v) is 3.56. The van der Waals surface area contributed by atoms with E-state index in [2.05, 4.69) is 25.7 Å². The first kappa shape index (κ1) is 12.0. The Balaban J connectivity index is 2.60. The van der Waals surface area contributed by atoms with Crippen molar-refractivity contribution in [2.75, 3.05) is 13.1 Å². The van der Waals surface area contributed by atoms with Crippen molar-refractivity contribution < 1.29 is 0 Å². The molecule has 2 unspecified atom stereocenters. The fourth-order valence-electron chi connectivity index (χ4n) is 2.80. The van der Waals surface area contributed by atoms with Gasteiger partial charge in [0.25, 0.3) is 0 Å². The van der Waals surface area contributed by atoms with Crippen LogP contribution in [0.5, 0.6) is 0 Å². The van der Waals surface area contributed by atoms with Crippen molar-refractivity contribution in [1.82, 2.24) is 4.90 Å². The predicted molar refractivity (Wildman–Crippen MR) is 62.3 cm³/mol. The molecule has 1 saturated heterocycles. The Morgan fingerprint density at radius 3 is 2.57 bits per heavy atom. The molecule has 0 spiro atoms.